The zero-order valence-corrected chi connectivity index (χ0v) is 15.8. The van der Waals surface area contributed by atoms with Gasteiger partial charge in [0.1, 0.15) is 5.75 Å². The van der Waals surface area contributed by atoms with E-state index < -0.39 is 0 Å². The first-order valence-corrected chi connectivity index (χ1v) is 9.28. The highest BCUT2D eigenvalue weighted by atomic mass is 35.5. The van der Waals surface area contributed by atoms with Gasteiger partial charge in [0.05, 0.1) is 10.0 Å². The molecule has 1 aliphatic rings. The Balaban J connectivity index is 1.49. The number of halogens is 2. The van der Waals surface area contributed by atoms with Gasteiger partial charge in [-0.15, -0.1) is 0 Å². The average molecular weight is 396 g/mol. The molecule has 0 radical (unpaired) electrons. The molecule has 2 aromatic carbocycles. The number of aromatic nitrogens is 1. The summed E-state index contributed by atoms with van der Waals surface area (Å²) in [6.45, 7) is 0. The number of hydrogen-bond donors (Lipinski definition) is 0. The van der Waals surface area contributed by atoms with Gasteiger partial charge in [-0.25, -0.2) is 4.98 Å². The number of ketones is 1. The monoisotopic (exact) mass is 395 g/mol. The van der Waals surface area contributed by atoms with Crippen molar-refractivity contribution >= 4 is 41.1 Å². The van der Waals surface area contributed by atoms with Crippen LogP contribution in [-0.2, 0) is 6.42 Å². The third-order valence-corrected chi connectivity index (χ3v) is 5.16. The van der Waals surface area contributed by atoms with E-state index in [1.165, 1.54) is 0 Å². The van der Waals surface area contributed by atoms with Gasteiger partial charge in [-0.2, -0.15) is 0 Å². The van der Waals surface area contributed by atoms with E-state index in [1.54, 1.807) is 12.3 Å². The molecular formula is C22H15Cl2NO2. The molecule has 3 nitrogen and oxygen atoms in total. The molecule has 0 atom stereocenters. The van der Waals surface area contributed by atoms with Crippen molar-refractivity contribution in [2.24, 2.45) is 0 Å². The molecule has 27 heavy (non-hydrogen) atoms. The van der Waals surface area contributed by atoms with E-state index >= 15 is 0 Å². The average Bonchev–Trinajstić information content (AvgIpc) is 3.06. The van der Waals surface area contributed by atoms with Crippen LogP contribution in [-0.4, -0.2) is 10.8 Å². The summed E-state index contributed by atoms with van der Waals surface area (Å²) >= 11 is 12.0. The third-order valence-electron chi connectivity index (χ3n) is 4.42. The second-order valence-corrected chi connectivity index (χ2v) is 7.06. The maximum Gasteiger partial charge on any atom is 0.219 e. The second-order valence-electron chi connectivity index (χ2n) is 6.24. The smallest absolute Gasteiger partial charge is 0.219 e. The first-order valence-electron chi connectivity index (χ1n) is 8.52. The van der Waals surface area contributed by atoms with Crippen molar-refractivity contribution in [3.05, 3.63) is 87.0 Å². The number of pyridine rings is 1. The molecule has 0 bridgehead atoms. The summed E-state index contributed by atoms with van der Waals surface area (Å²) in [6.07, 6.45) is 6.87. The number of carbonyl (C=O) groups excluding carboxylic acids is 1. The number of fused-ring (bicyclic) bond motifs is 1. The number of rotatable bonds is 4. The van der Waals surface area contributed by atoms with Crippen LogP contribution >= 0.6 is 23.2 Å². The zero-order valence-electron chi connectivity index (χ0n) is 14.3. The van der Waals surface area contributed by atoms with Gasteiger partial charge >= 0.3 is 0 Å². The molecule has 1 heterocycles. The summed E-state index contributed by atoms with van der Waals surface area (Å²) in [5.74, 6) is 1.37. The molecule has 1 aromatic heterocycles. The van der Waals surface area contributed by atoms with E-state index in [0.717, 1.165) is 28.7 Å². The van der Waals surface area contributed by atoms with Gasteiger partial charge in [0, 0.05) is 29.8 Å². The van der Waals surface area contributed by atoms with Gasteiger partial charge in [0.2, 0.25) is 5.88 Å². The van der Waals surface area contributed by atoms with Crippen molar-refractivity contribution in [2.45, 2.75) is 12.8 Å². The van der Waals surface area contributed by atoms with Gasteiger partial charge in [0.15, 0.2) is 5.78 Å². The Morgan fingerprint density at radius 1 is 0.926 bits per heavy atom. The molecule has 0 saturated heterocycles. The predicted octanol–water partition coefficient (Wildman–Crippen LogP) is 6.48. The van der Waals surface area contributed by atoms with Crippen molar-refractivity contribution in [1.82, 2.24) is 4.98 Å². The number of nitrogens with zero attached hydrogens (tertiary/aromatic N) is 1. The Kier molecular flexibility index (Phi) is 4.97. The highest BCUT2D eigenvalue weighted by Crippen LogP contribution is 2.33. The lowest BCUT2D eigenvalue weighted by molar-refractivity contribution is 0.0994. The van der Waals surface area contributed by atoms with Crippen LogP contribution in [0, 0.1) is 0 Å². The van der Waals surface area contributed by atoms with Crippen LogP contribution in [0.15, 0.2) is 54.7 Å². The van der Waals surface area contributed by atoms with Crippen LogP contribution in [0.4, 0.5) is 0 Å². The predicted molar refractivity (Wildman–Crippen MR) is 109 cm³/mol. The molecule has 4 rings (SSSR count). The molecule has 0 aliphatic heterocycles. The molecule has 1 aliphatic carbocycles. The fourth-order valence-electron chi connectivity index (χ4n) is 3.03. The normalized spacial score (nSPS) is 13.2. The van der Waals surface area contributed by atoms with Gasteiger partial charge in [-0.3, -0.25) is 4.79 Å². The minimum atomic E-state index is 0.172. The van der Waals surface area contributed by atoms with Crippen LogP contribution in [0.3, 0.4) is 0 Å². The summed E-state index contributed by atoms with van der Waals surface area (Å²) in [5.41, 5.74) is 3.61. The largest absolute Gasteiger partial charge is 0.439 e. The number of Topliss-reactive ketones (excluding diaryl/α,β-unsaturated/α-hetero) is 1. The molecule has 0 spiro atoms. The molecule has 0 unspecified atom stereocenters. The lowest BCUT2D eigenvalue weighted by Gasteiger charge is -2.09. The fourth-order valence-corrected chi connectivity index (χ4v) is 3.33. The van der Waals surface area contributed by atoms with Crippen LogP contribution in [0.25, 0.3) is 12.2 Å². The van der Waals surface area contributed by atoms with E-state index in [0.29, 0.717) is 28.1 Å². The SMILES string of the molecule is O=C1CCc2c(Oc3ccc(/C=C/c4ccc(Cl)c(Cl)c4)cn3)cccc21. The molecule has 0 amide bonds. The molecule has 0 fully saturated rings. The minimum absolute atomic E-state index is 0.172. The number of hydrogen-bond acceptors (Lipinski definition) is 3. The van der Waals surface area contributed by atoms with E-state index in [2.05, 4.69) is 4.98 Å². The van der Waals surface area contributed by atoms with E-state index in [9.17, 15) is 4.79 Å². The van der Waals surface area contributed by atoms with Gasteiger partial charge in [-0.1, -0.05) is 53.6 Å². The number of benzene rings is 2. The highest BCUT2D eigenvalue weighted by Gasteiger charge is 2.22. The lowest BCUT2D eigenvalue weighted by atomic mass is 10.1. The van der Waals surface area contributed by atoms with Gasteiger partial charge < -0.3 is 4.74 Å². The van der Waals surface area contributed by atoms with E-state index in [-0.39, 0.29) is 5.78 Å². The Hall–Kier alpha value is -2.62. The van der Waals surface area contributed by atoms with Crippen LogP contribution < -0.4 is 4.74 Å². The second kappa shape index (κ2) is 7.55. The maximum atomic E-state index is 11.8. The quantitative estimate of drug-likeness (QED) is 0.507. The Bertz CT molecular complexity index is 1040. The topological polar surface area (TPSA) is 39.2 Å². The molecule has 5 heteroatoms. The van der Waals surface area contributed by atoms with Crippen LogP contribution in [0.5, 0.6) is 11.6 Å². The summed E-state index contributed by atoms with van der Waals surface area (Å²) < 4.78 is 5.90. The number of carbonyl (C=O) groups is 1. The first-order chi connectivity index (χ1) is 13.1. The van der Waals surface area contributed by atoms with Crippen LogP contribution in [0.1, 0.15) is 33.5 Å². The first kappa shape index (κ1) is 17.8. The lowest BCUT2D eigenvalue weighted by Crippen LogP contribution is -1.94. The molecule has 134 valence electrons. The van der Waals surface area contributed by atoms with Gasteiger partial charge in [-0.05, 0) is 41.8 Å². The Morgan fingerprint density at radius 2 is 1.74 bits per heavy atom. The van der Waals surface area contributed by atoms with Crippen molar-refractivity contribution in [2.75, 3.05) is 0 Å². The number of ether oxygens (including phenoxy) is 1. The third kappa shape index (κ3) is 3.90. The Morgan fingerprint density at radius 3 is 2.52 bits per heavy atom. The molecule has 0 N–H and O–H groups in total. The summed E-state index contributed by atoms with van der Waals surface area (Å²) in [6, 6.07) is 14.8. The Labute approximate surface area is 167 Å². The van der Waals surface area contributed by atoms with Crippen molar-refractivity contribution < 1.29 is 9.53 Å². The maximum absolute atomic E-state index is 11.8. The van der Waals surface area contributed by atoms with Crippen molar-refractivity contribution in [1.29, 1.82) is 0 Å². The molecule has 3 aromatic rings. The molecular weight excluding hydrogens is 381 g/mol. The summed E-state index contributed by atoms with van der Waals surface area (Å²) in [7, 11) is 0. The van der Waals surface area contributed by atoms with Crippen LogP contribution in [0.2, 0.25) is 10.0 Å². The van der Waals surface area contributed by atoms with E-state index in [1.807, 2.05) is 54.6 Å². The van der Waals surface area contributed by atoms with Crippen molar-refractivity contribution in [3.8, 4) is 11.6 Å². The summed E-state index contributed by atoms with van der Waals surface area (Å²) in [5, 5.41) is 1.06. The minimum Gasteiger partial charge on any atom is -0.439 e. The highest BCUT2D eigenvalue weighted by molar-refractivity contribution is 6.42. The fraction of sp³-hybridized carbons (Fsp3) is 0.0909. The molecule has 0 saturated carbocycles. The van der Waals surface area contributed by atoms with Gasteiger partial charge in [0.25, 0.3) is 0 Å². The standard InChI is InChI=1S/C22H15Cl2NO2/c23-18-9-6-14(12-19(18)24)4-5-15-7-11-22(25-13-15)27-21-3-1-2-16-17(21)8-10-20(16)26/h1-7,9,11-13H,8,10H2/b5-4+. The zero-order chi connectivity index (χ0) is 18.8. The van der Waals surface area contributed by atoms with Crippen molar-refractivity contribution in [3.63, 3.8) is 0 Å². The summed E-state index contributed by atoms with van der Waals surface area (Å²) in [4.78, 5) is 16.2. The van der Waals surface area contributed by atoms with E-state index in [4.69, 9.17) is 27.9 Å².